The van der Waals surface area contributed by atoms with E-state index in [9.17, 15) is 5.11 Å². The topological polar surface area (TPSA) is 32.6 Å². The molecular weight excluding hydrogens is 174 g/mol. The molecule has 0 aromatic heterocycles. The van der Waals surface area contributed by atoms with Gasteiger partial charge in [0.1, 0.15) is 6.10 Å². The number of aliphatic imine (C=N–C) groups is 1. The van der Waals surface area contributed by atoms with Crippen LogP contribution in [0.2, 0.25) is 0 Å². The third-order valence-corrected chi connectivity index (χ3v) is 1.99. The van der Waals surface area contributed by atoms with Crippen LogP contribution in [0.4, 0.5) is 5.69 Å². The van der Waals surface area contributed by atoms with Gasteiger partial charge in [0.15, 0.2) is 0 Å². The average molecular weight is 185 g/mol. The summed E-state index contributed by atoms with van der Waals surface area (Å²) >= 11 is 0. The fourth-order valence-electron chi connectivity index (χ4n) is 1.28. The van der Waals surface area contributed by atoms with E-state index in [4.69, 9.17) is 0 Å². The van der Waals surface area contributed by atoms with E-state index in [0.717, 1.165) is 5.69 Å². The largest absolute Gasteiger partial charge is 0.383 e. The zero-order valence-corrected chi connectivity index (χ0v) is 7.67. The van der Waals surface area contributed by atoms with E-state index >= 15 is 0 Å². The predicted octanol–water partition coefficient (Wildman–Crippen LogP) is 2.25. The summed E-state index contributed by atoms with van der Waals surface area (Å²) in [6.45, 7) is 0. The molecule has 0 heterocycles. The monoisotopic (exact) mass is 185 g/mol. The van der Waals surface area contributed by atoms with Crippen molar-refractivity contribution in [3.63, 3.8) is 0 Å². The summed E-state index contributed by atoms with van der Waals surface area (Å²) in [5.74, 6) is 0. The third kappa shape index (κ3) is 1.98. The number of aliphatic hydroxyl groups is 1. The zero-order valence-electron chi connectivity index (χ0n) is 7.67. The number of benzene rings is 1. The van der Waals surface area contributed by atoms with Crippen LogP contribution in [-0.2, 0) is 0 Å². The smallest absolute Gasteiger partial charge is 0.114 e. The molecule has 0 aliphatic heterocycles. The van der Waals surface area contributed by atoms with Crippen molar-refractivity contribution in [2.45, 2.75) is 6.10 Å². The van der Waals surface area contributed by atoms with Crippen LogP contribution in [-0.4, -0.2) is 16.9 Å². The predicted molar refractivity (Wildman–Crippen MR) is 57.8 cm³/mol. The van der Waals surface area contributed by atoms with Gasteiger partial charge in [-0.2, -0.15) is 0 Å². The van der Waals surface area contributed by atoms with Crippen LogP contribution in [0, 0.1) is 0 Å². The summed E-state index contributed by atoms with van der Waals surface area (Å²) in [5, 5.41) is 9.56. The molecule has 0 radical (unpaired) electrons. The van der Waals surface area contributed by atoms with E-state index in [1.165, 1.54) is 0 Å². The van der Waals surface area contributed by atoms with Gasteiger partial charge in [0, 0.05) is 0 Å². The van der Waals surface area contributed by atoms with Crippen LogP contribution in [0.5, 0.6) is 0 Å². The van der Waals surface area contributed by atoms with Gasteiger partial charge in [-0.15, -0.1) is 0 Å². The van der Waals surface area contributed by atoms with Crippen LogP contribution in [0.3, 0.4) is 0 Å². The van der Waals surface area contributed by atoms with E-state index in [1.54, 1.807) is 6.08 Å². The van der Waals surface area contributed by atoms with E-state index < -0.39 is 6.10 Å². The maximum atomic E-state index is 9.56. The van der Waals surface area contributed by atoms with E-state index in [-0.39, 0.29) is 0 Å². The molecule has 2 nitrogen and oxygen atoms in total. The highest BCUT2D eigenvalue weighted by molar-refractivity contribution is 6.02. The SMILES string of the molecule is OC1C=CC=CC1=Nc1ccccc1. The maximum absolute atomic E-state index is 9.56. The Labute approximate surface area is 82.9 Å². The van der Waals surface area contributed by atoms with Crippen LogP contribution in [0.1, 0.15) is 0 Å². The highest BCUT2D eigenvalue weighted by Gasteiger charge is 2.07. The number of aliphatic hydroxyl groups excluding tert-OH is 1. The molecule has 70 valence electrons. The molecule has 0 fully saturated rings. The van der Waals surface area contributed by atoms with Crippen LogP contribution in [0.25, 0.3) is 0 Å². The minimum atomic E-state index is -0.583. The first-order valence-electron chi connectivity index (χ1n) is 4.53. The van der Waals surface area contributed by atoms with Crippen LogP contribution < -0.4 is 0 Å². The molecule has 1 aromatic rings. The van der Waals surface area contributed by atoms with Gasteiger partial charge < -0.3 is 5.11 Å². The van der Waals surface area contributed by atoms with Crippen molar-refractivity contribution in [3.05, 3.63) is 54.6 Å². The molecule has 1 aliphatic carbocycles. The second-order valence-electron chi connectivity index (χ2n) is 3.06. The maximum Gasteiger partial charge on any atom is 0.114 e. The summed E-state index contributed by atoms with van der Waals surface area (Å²) in [5.41, 5.74) is 1.54. The summed E-state index contributed by atoms with van der Waals surface area (Å²) in [6.07, 6.45) is 6.63. The molecular formula is C12H11NO. The number of nitrogens with zero attached hydrogens (tertiary/aromatic N) is 1. The van der Waals surface area contributed by atoms with Gasteiger partial charge in [-0.3, -0.25) is 4.99 Å². The molecule has 1 atom stereocenters. The Bertz CT molecular complexity index is 390. The van der Waals surface area contributed by atoms with Gasteiger partial charge in [-0.1, -0.05) is 36.4 Å². The summed E-state index contributed by atoms with van der Waals surface area (Å²) in [4.78, 5) is 4.33. The first-order chi connectivity index (χ1) is 6.86. The average Bonchev–Trinajstić information content (AvgIpc) is 2.23. The van der Waals surface area contributed by atoms with E-state index in [2.05, 4.69) is 4.99 Å². The van der Waals surface area contributed by atoms with Crippen LogP contribution >= 0.6 is 0 Å². The minimum Gasteiger partial charge on any atom is -0.383 e. The summed E-state index contributed by atoms with van der Waals surface area (Å²) in [7, 11) is 0. The Morgan fingerprint density at radius 2 is 1.86 bits per heavy atom. The second-order valence-corrected chi connectivity index (χ2v) is 3.06. The Balaban J connectivity index is 2.27. The molecule has 0 spiro atoms. The van der Waals surface area contributed by atoms with Gasteiger partial charge in [-0.25, -0.2) is 0 Å². The molecule has 0 amide bonds. The van der Waals surface area contributed by atoms with Gasteiger partial charge in [0.05, 0.1) is 11.4 Å². The molecule has 0 bridgehead atoms. The lowest BCUT2D eigenvalue weighted by atomic mass is 10.1. The Morgan fingerprint density at radius 3 is 2.57 bits per heavy atom. The fraction of sp³-hybridized carbons (Fsp3) is 0.0833. The lowest BCUT2D eigenvalue weighted by Gasteiger charge is -2.08. The molecule has 1 N–H and O–H groups in total. The Hall–Kier alpha value is -1.67. The lowest BCUT2D eigenvalue weighted by Crippen LogP contribution is -2.16. The van der Waals surface area contributed by atoms with Crippen LogP contribution in [0.15, 0.2) is 59.6 Å². The van der Waals surface area contributed by atoms with E-state index in [0.29, 0.717) is 5.71 Å². The standard InChI is InChI=1S/C12H11NO/c14-12-9-5-4-8-11(12)13-10-6-2-1-3-7-10/h1-9,12,14H. The molecule has 0 saturated heterocycles. The highest BCUT2D eigenvalue weighted by atomic mass is 16.3. The zero-order chi connectivity index (χ0) is 9.80. The Morgan fingerprint density at radius 1 is 1.07 bits per heavy atom. The van der Waals surface area contributed by atoms with E-state index in [1.807, 2.05) is 48.6 Å². The molecule has 1 unspecified atom stereocenters. The number of hydrogen-bond acceptors (Lipinski definition) is 2. The van der Waals surface area contributed by atoms with Crippen molar-refractivity contribution in [1.82, 2.24) is 0 Å². The molecule has 14 heavy (non-hydrogen) atoms. The molecule has 1 aromatic carbocycles. The number of hydrogen-bond donors (Lipinski definition) is 1. The fourth-order valence-corrected chi connectivity index (χ4v) is 1.28. The Kier molecular flexibility index (Phi) is 2.56. The summed E-state index contributed by atoms with van der Waals surface area (Å²) in [6, 6.07) is 9.61. The number of para-hydroxylation sites is 1. The normalized spacial score (nSPS) is 22.9. The molecule has 2 heteroatoms. The van der Waals surface area contributed by atoms with Gasteiger partial charge >= 0.3 is 0 Å². The molecule has 2 rings (SSSR count). The number of allylic oxidation sites excluding steroid dienone is 2. The number of rotatable bonds is 1. The van der Waals surface area contributed by atoms with Gasteiger partial charge in [0.2, 0.25) is 0 Å². The van der Waals surface area contributed by atoms with Crippen molar-refractivity contribution in [1.29, 1.82) is 0 Å². The van der Waals surface area contributed by atoms with Crippen molar-refractivity contribution in [3.8, 4) is 0 Å². The van der Waals surface area contributed by atoms with Gasteiger partial charge in [0.25, 0.3) is 0 Å². The van der Waals surface area contributed by atoms with Gasteiger partial charge in [-0.05, 0) is 18.2 Å². The first kappa shape index (κ1) is 8.91. The van der Waals surface area contributed by atoms with Crippen molar-refractivity contribution >= 4 is 11.4 Å². The van der Waals surface area contributed by atoms with Crippen molar-refractivity contribution in [2.24, 2.45) is 4.99 Å². The van der Waals surface area contributed by atoms with Crippen molar-refractivity contribution in [2.75, 3.05) is 0 Å². The second kappa shape index (κ2) is 4.03. The minimum absolute atomic E-state index is 0.583. The lowest BCUT2D eigenvalue weighted by molar-refractivity contribution is 0.289. The summed E-state index contributed by atoms with van der Waals surface area (Å²) < 4.78 is 0. The quantitative estimate of drug-likeness (QED) is 0.715. The highest BCUT2D eigenvalue weighted by Crippen LogP contribution is 2.13. The third-order valence-electron chi connectivity index (χ3n) is 1.99. The van der Waals surface area contributed by atoms with Crippen molar-refractivity contribution < 1.29 is 5.11 Å². The molecule has 0 saturated carbocycles. The molecule has 1 aliphatic rings. The first-order valence-corrected chi connectivity index (χ1v) is 4.53.